The molecule has 2 nitrogen and oxygen atoms in total. The zero-order chi connectivity index (χ0) is 14.3. The van der Waals surface area contributed by atoms with Crippen molar-refractivity contribution in [2.75, 3.05) is 19.6 Å². The van der Waals surface area contributed by atoms with Crippen LogP contribution in [-0.4, -0.2) is 29.5 Å². The number of halogens is 3. The highest BCUT2D eigenvalue weighted by Crippen LogP contribution is 2.31. The summed E-state index contributed by atoms with van der Waals surface area (Å²) in [4.78, 5) is 5.46. The van der Waals surface area contributed by atoms with E-state index in [0.717, 1.165) is 12.3 Å². The summed E-state index contributed by atoms with van der Waals surface area (Å²) in [5.74, 6) is 4.85. The van der Waals surface area contributed by atoms with Crippen LogP contribution in [0.15, 0.2) is 18.5 Å². The summed E-state index contributed by atoms with van der Waals surface area (Å²) in [5.41, 5.74) is -0.516. The highest BCUT2D eigenvalue weighted by Gasteiger charge is 2.33. The second-order valence-electron chi connectivity index (χ2n) is 3.90. The van der Waals surface area contributed by atoms with Crippen LogP contribution in [0.4, 0.5) is 13.2 Å². The summed E-state index contributed by atoms with van der Waals surface area (Å²) in [7, 11) is 0. The van der Waals surface area contributed by atoms with Gasteiger partial charge in [-0.15, -0.1) is 12.8 Å². The Kier molecular flexibility index (Phi) is 5.41. The van der Waals surface area contributed by atoms with E-state index in [4.69, 9.17) is 12.8 Å². The molecule has 0 aliphatic rings. The largest absolute Gasteiger partial charge is 0.416 e. The first-order valence-corrected chi connectivity index (χ1v) is 5.58. The zero-order valence-corrected chi connectivity index (χ0v) is 10.2. The van der Waals surface area contributed by atoms with Gasteiger partial charge in [0.2, 0.25) is 0 Å². The third-order valence-corrected chi connectivity index (χ3v) is 2.54. The van der Waals surface area contributed by atoms with E-state index < -0.39 is 11.7 Å². The Labute approximate surface area is 110 Å². The maximum absolute atomic E-state index is 12.8. The topological polar surface area (TPSA) is 16.1 Å². The lowest BCUT2D eigenvalue weighted by molar-refractivity contribution is -0.138. The SMILES string of the molecule is C#CCN(CC#C)CCc1cnccc1C(F)(F)F. The lowest BCUT2D eigenvalue weighted by Gasteiger charge is -2.18. The predicted molar refractivity (Wildman–Crippen MR) is 67.0 cm³/mol. The van der Waals surface area contributed by atoms with E-state index in [-0.39, 0.29) is 12.0 Å². The Morgan fingerprint density at radius 1 is 1.21 bits per heavy atom. The number of nitrogens with zero attached hydrogens (tertiary/aromatic N) is 2. The molecule has 0 radical (unpaired) electrons. The van der Waals surface area contributed by atoms with Crippen LogP contribution < -0.4 is 0 Å². The first-order valence-electron chi connectivity index (χ1n) is 5.58. The van der Waals surface area contributed by atoms with Gasteiger partial charge in [-0.25, -0.2) is 0 Å². The number of hydrogen-bond donors (Lipinski definition) is 0. The Morgan fingerprint density at radius 2 is 1.84 bits per heavy atom. The fraction of sp³-hybridized carbons (Fsp3) is 0.357. The molecule has 0 N–H and O–H groups in total. The molecule has 19 heavy (non-hydrogen) atoms. The third-order valence-electron chi connectivity index (χ3n) is 2.54. The molecule has 100 valence electrons. The molecule has 0 saturated carbocycles. The molecule has 0 fully saturated rings. The van der Waals surface area contributed by atoms with E-state index in [1.165, 1.54) is 6.20 Å². The van der Waals surface area contributed by atoms with Gasteiger partial charge in [0.15, 0.2) is 0 Å². The van der Waals surface area contributed by atoms with Crippen LogP contribution in [-0.2, 0) is 12.6 Å². The molecule has 0 aliphatic heterocycles. The van der Waals surface area contributed by atoms with Gasteiger partial charge in [0.1, 0.15) is 0 Å². The summed E-state index contributed by atoms with van der Waals surface area (Å²) in [6.07, 6.45) is 8.54. The van der Waals surface area contributed by atoms with E-state index in [0.29, 0.717) is 19.6 Å². The smallest absolute Gasteiger partial charge is 0.281 e. The van der Waals surface area contributed by atoms with Gasteiger partial charge in [-0.1, -0.05) is 11.8 Å². The molecule has 1 aromatic rings. The van der Waals surface area contributed by atoms with Crippen molar-refractivity contribution >= 4 is 0 Å². The van der Waals surface area contributed by atoms with Gasteiger partial charge in [-0.2, -0.15) is 13.2 Å². The molecular formula is C14H13F3N2. The Balaban J connectivity index is 2.78. The third kappa shape index (κ3) is 4.65. The van der Waals surface area contributed by atoms with E-state index in [1.807, 2.05) is 0 Å². The number of alkyl halides is 3. The van der Waals surface area contributed by atoms with Crippen molar-refractivity contribution < 1.29 is 13.2 Å². The standard InChI is InChI=1S/C14H13F3N2/c1-3-8-19(9-4-2)10-6-12-11-18-7-5-13(12)14(15,16)17/h1-2,5,7,11H,6,8-10H2. The van der Waals surface area contributed by atoms with Crippen LogP contribution in [0.5, 0.6) is 0 Å². The Morgan fingerprint density at radius 3 is 2.37 bits per heavy atom. The van der Waals surface area contributed by atoms with Crippen molar-refractivity contribution in [3.63, 3.8) is 0 Å². The fourth-order valence-electron chi connectivity index (χ4n) is 1.65. The van der Waals surface area contributed by atoms with Gasteiger partial charge in [0, 0.05) is 18.9 Å². The summed E-state index contributed by atoms with van der Waals surface area (Å²) >= 11 is 0. The maximum atomic E-state index is 12.8. The van der Waals surface area contributed by atoms with Gasteiger partial charge in [-0.05, 0) is 18.1 Å². The second kappa shape index (κ2) is 6.82. The number of pyridine rings is 1. The second-order valence-corrected chi connectivity index (χ2v) is 3.90. The van der Waals surface area contributed by atoms with Crippen LogP contribution >= 0.6 is 0 Å². The van der Waals surface area contributed by atoms with Gasteiger partial charge >= 0.3 is 6.18 Å². The van der Waals surface area contributed by atoms with E-state index >= 15 is 0 Å². The Hall–Kier alpha value is -1.98. The predicted octanol–water partition coefficient (Wildman–Crippen LogP) is 2.21. The molecule has 0 unspecified atom stereocenters. The van der Waals surface area contributed by atoms with Crippen LogP contribution in [0, 0.1) is 24.7 Å². The lowest BCUT2D eigenvalue weighted by atomic mass is 10.1. The van der Waals surface area contributed by atoms with Crippen molar-refractivity contribution in [2.24, 2.45) is 0 Å². The normalized spacial score (nSPS) is 11.1. The van der Waals surface area contributed by atoms with Crippen molar-refractivity contribution in [2.45, 2.75) is 12.6 Å². The summed E-state index contributed by atoms with van der Waals surface area (Å²) < 4.78 is 38.3. The Bertz CT molecular complexity index is 479. The van der Waals surface area contributed by atoms with E-state index in [2.05, 4.69) is 16.8 Å². The van der Waals surface area contributed by atoms with E-state index in [1.54, 1.807) is 4.90 Å². The maximum Gasteiger partial charge on any atom is 0.416 e. The molecule has 0 atom stereocenters. The summed E-state index contributed by atoms with van der Waals surface area (Å²) in [6.45, 7) is 0.987. The van der Waals surface area contributed by atoms with Gasteiger partial charge in [0.25, 0.3) is 0 Å². The highest BCUT2D eigenvalue weighted by atomic mass is 19.4. The summed E-state index contributed by atoms with van der Waals surface area (Å²) in [5, 5.41) is 0. The molecule has 1 heterocycles. The van der Waals surface area contributed by atoms with Crippen LogP contribution in [0.3, 0.4) is 0 Å². The van der Waals surface area contributed by atoms with Gasteiger partial charge < -0.3 is 0 Å². The van der Waals surface area contributed by atoms with Gasteiger partial charge in [-0.3, -0.25) is 9.88 Å². The quantitative estimate of drug-likeness (QED) is 0.760. The van der Waals surface area contributed by atoms with Crippen LogP contribution in [0.25, 0.3) is 0 Å². The first-order chi connectivity index (χ1) is 8.99. The number of terminal acetylenes is 2. The monoisotopic (exact) mass is 266 g/mol. The van der Waals surface area contributed by atoms with E-state index in [9.17, 15) is 13.2 Å². The average Bonchev–Trinajstić information content (AvgIpc) is 2.36. The molecule has 0 amide bonds. The van der Waals surface area contributed by atoms with Crippen molar-refractivity contribution in [3.8, 4) is 24.7 Å². The minimum atomic E-state index is -4.37. The molecule has 0 aromatic carbocycles. The van der Waals surface area contributed by atoms with Gasteiger partial charge in [0.05, 0.1) is 18.7 Å². The average molecular weight is 266 g/mol. The van der Waals surface area contributed by atoms with Crippen molar-refractivity contribution in [1.82, 2.24) is 9.88 Å². The number of aromatic nitrogens is 1. The number of hydrogen-bond acceptors (Lipinski definition) is 2. The van der Waals surface area contributed by atoms with Crippen LogP contribution in [0.2, 0.25) is 0 Å². The molecule has 0 saturated heterocycles. The molecule has 0 aliphatic carbocycles. The molecule has 0 bridgehead atoms. The summed E-state index contributed by atoms with van der Waals surface area (Å²) in [6, 6.07) is 0.974. The van der Waals surface area contributed by atoms with Crippen LogP contribution in [0.1, 0.15) is 11.1 Å². The van der Waals surface area contributed by atoms with Crippen molar-refractivity contribution in [3.05, 3.63) is 29.6 Å². The zero-order valence-electron chi connectivity index (χ0n) is 10.2. The molecule has 5 heteroatoms. The molecular weight excluding hydrogens is 253 g/mol. The molecule has 0 spiro atoms. The molecule has 1 rings (SSSR count). The first kappa shape index (κ1) is 15.1. The fourth-order valence-corrected chi connectivity index (χ4v) is 1.65. The molecule has 1 aromatic heterocycles. The highest BCUT2D eigenvalue weighted by molar-refractivity contribution is 5.26. The van der Waals surface area contributed by atoms with Crippen molar-refractivity contribution in [1.29, 1.82) is 0 Å². The minimum absolute atomic E-state index is 0.147. The minimum Gasteiger partial charge on any atom is -0.281 e. The lowest BCUT2D eigenvalue weighted by Crippen LogP contribution is -2.27. The number of rotatable bonds is 5.